The van der Waals surface area contributed by atoms with E-state index in [0.717, 1.165) is 24.6 Å². The van der Waals surface area contributed by atoms with Crippen LogP contribution in [0.15, 0.2) is 4.52 Å². The third-order valence-corrected chi connectivity index (χ3v) is 6.61. The summed E-state index contributed by atoms with van der Waals surface area (Å²) in [5.41, 5.74) is 5.84. The Hall–Kier alpha value is -0.200. The molecule has 1 aromatic heterocycles. The van der Waals surface area contributed by atoms with Gasteiger partial charge >= 0.3 is 0 Å². The summed E-state index contributed by atoms with van der Waals surface area (Å²) < 4.78 is 5.44. The molecular weight excluding hydrogens is 290 g/mol. The van der Waals surface area contributed by atoms with Crippen molar-refractivity contribution in [3.63, 3.8) is 0 Å². The Morgan fingerprint density at radius 2 is 2.10 bits per heavy atom. The lowest BCUT2D eigenvalue weighted by molar-refractivity contribution is 0.329. The summed E-state index contributed by atoms with van der Waals surface area (Å²) in [6.45, 7) is 7.37. The van der Waals surface area contributed by atoms with Crippen LogP contribution in [-0.2, 0) is 6.42 Å². The van der Waals surface area contributed by atoms with E-state index in [9.17, 15) is 0 Å². The number of hydrogen-bond donors (Lipinski definition) is 1. The molecule has 0 spiro atoms. The molecule has 6 heteroatoms. The first kappa shape index (κ1) is 16.2. The van der Waals surface area contributed by atoms with Crippen LogP contribution in [0.1, 0.15) is 44.2 Å². The molecule has 0 saturated carbocycles. The van der Waals surface area contributed by atoms with Crippen LogP contribution < -0.4 is 5.73 Å². The molecule has 3 atom stereocenters. The molecular formula is C14H25N3OS2. The molecule has 4 nitrogen and oxygen atoms in total. The van der Waals surface area contributed by atoms with Crippen molar-refractivity contribution in [3.8, 4) is 0 Å². The van der Waals surface area contributed by atoms with Gasteiger partial charge in [0.15, 0.2) is 5.82 Å². The van der Waals surface area contributed by atoms with Gasteiger partial charge in [0.25, 0.3) is 0 Å². The normalized spacial score (nSPS) is 25.1. The second kappa shape index (κ2) is 7.71. The maximum Gasteiger partial charge on any atom is 0.227 e. The van der Waals surface area contributed by atoms with Gasteiger partial charge in [0.2, 0.25) is 5.89 Å². The summed E-state index contributed by atoms with van der Waals surface area (Å²) in [5.74, 6) is 5.09. The number of hydrogen-bond acceptors (Lipinski definition) is 6. The zero-order chi connectivity index (χ0) is 14.5. The molecule has 0 radical (unpaired) electrons. The minimum atomic E-state index is 0.368. The van der Waals surface area contributed by atoms with Crippen molar-refractivity contribution in [2.45, 2.75) is 44.1 Å². The van der Waals surface area contributed by atoms with Gasteiger partial charge in [0.1, 0.15) is 0 Å². The zero-order valence-corrected chi connectivity index (χ0v) is 14.2. The Balaban J connectivity index is 1.97. The standard InChI is InChI=1S/C14H25N3OS2/c1-9(2)6-11(8-15)7-12-16-14(17-18-12)13-10(3)19-4-5-20-13/h9-11,13H,4-8,15H2,1-3H3/t10?,11-,13?/m0/s1. The number of aromatic nitrogens is 2. The maximum atomic E-state index is 5.84. The molecule has 0 amide bonds. The fourth-order valence-electron chi connectivity index (χ4n) is 2.56. The first-order valence-corrected chi connectivity index (χ1v) is 9.45. The molecule has 2 rings (SSSR count). The predicted octanol–water partition coefficient (Wildman–Crippen LogP) is 3.14. The van der Waals surface area contributed by atoms with Crippen molar-refractivity contribution in [2.24, 2.45) is 17.6 Å². The van der Waals surface area contributed by atoms with Crippen LogP contribution in [0.3, 0.4) is 0 Å². The van der Waals surface area contributed by atoms with Gasteiger partial charge in [0.05, 0.1) is 5.25 Å². The number of nitrogens with two attached hydrogens (primary N) is 1. The van der Waals surface area contributed by atoms with Gasteiger partial charge in [-0.25, -0.2) is 0 Å². The van der Waals surface area contributed by atoms with Gasteiger partial charge in [-0.3, -0.25) is 0 Å². The zero-order valence-electron chi connectivity index (χ0n) is 12.5. The van der Waals surface area contributed by atoms with Gasteiger partial charge in [-0.05, 0) is 24.8 Å². The van der Waals surface area contributed by atoms with Gasteiger partial charge in [-0.1, -0.05) is 25.9 Å². The highest BCUT2D eigenvalue weighted by atomic mass is 32.2. The molecule has 114 valence electrons. The first-order chi connectivity index (χ1) is 9.60. The van der Waals surface area contributed by atoms with Crippen LogP contribution in [-0.4, -0.2) is 33.4 Å². The number of rotatable bonds is 6. The van der Waals surface area contributed by atoms with Gasteiger partial charge in [-0.15, -0.1) is 11.8 Å². The minimum absolute atomic E-state index is 0.368. The lowest BCUT2D eigenvalue weighted by Gasteiger charge is -2.24. The maximum absolute atomic E-state index is 5.84. The summed E-state index contributed by atoms with van der Waals surface area (Å²) in [6.07, 6.45) is 1.92. The SMILES string of the molecule is CC(C)C[C@H](CN)Cc1nc(C2SCCSC2C)no1. The third-order valence-electron chi connectivity index (χ3n) is 3.53. The Labute approximate surface area is 130 Å². The fraction of sp³-hybridized carbons (Fsp3) is 0.857. The highest BCUT2D eigenvalue weighted by Crippen LogP contribution is 2.41. The average molecular weight is 316 g/mol. The average Bonchev–Trinajstić information content (AvgIpc) is 2.86. The van der Waals surface area contributed by atoms with E-state index in [1.165, 1.54) is 11.5 Å². The molecule has 1 aliphatic heterocycles. The van der Waals surface area contributed by atoms with Crippen molar-refractivity contribution in [2.75, 3.05) is 18.1 Å². The van der Waals surface area contributed by atoms with Gasteiger partial charge in [-0.2, -0.15) is 16.7 Å². The number of thioether (sulfide) groups is 2. The molecule has 2 unspecified atom stereocenters. The van der Waals surface area contributed by atoms with Crippen molar-refractivity contribution < 1.29 is 4.52 Å². The quantitative estimate of drug-likeness (QED) is 0.870. The topological polar surface area (TPSA) is 64.9 Å². The Morgan fingerprint density at radius 1 is 1.35 bits per heavy atom. The van der Waals surface area contributed by atoms with Crippen LogP contribution in [0.5, 0.6) is 0 Å². The Morgan fingerprint density at radius 3 is 2.75 bits per heavy atom. The van der Waals surface area contributed by atoms with E-state index in [0.29, 0.717) is 28.9 Å². The molecule has 2 N–H and O–H groups in total. The van der Waals surface area contributed by atoms with E-state index in [1.54, 1.807) is 0 Å². The van der Waals surface area contributed by atoms with E-state index in [1.807, 2.05) is 23.5 Å². The van der Waals surface area contributed by atoms with E-state index < -0.39 is 0 Å². The van der Waals surface area contributed by atoms with Crippen LogP contribution in [0.25, 0.3) is 0 Å². The fourth-order valence-corrected chi connectivity index (χ4v) is 5.24. The molecule has 20 heavy (non-hydrogen) atoms. The molecule has 0 bridgehead atoms. The molecule has 0 aliphatic carbocycles. The van der Waals surface area contributed by atoms with Crippen LogP contribution in [0.4, 0.5) is 0 Å². The second-order valence-corrected chi connectivity index (χ2v) is 8.58. The largest absolute Gasteiger partial charge is 0.339 e. The van der Waals surface area contributed by atoms with E-state index in [-0.39, 0.29) is 0 Å². The molecule has 2 heterocycles. The second-order valence-electron chi connectivity index (χ2n) is 5.85. The summed E-state index contributed by atoms with van der Waals surface area (Å²) in [7, 11) is 0. The Kier molecular flexibility index (Phi) is 6.23. The number of nitrogens with zero attached hydrogens (tertiary/aromatic N) is 2. The lowest BCUT2D eigenvalue weighted by Crippen LogP contribution is -2.19. The van der Waals surface area contributed by atoms with Crippen molar-refractivity contribution in [1.29, 1.82) is 0 Å². The summed E-state index contributed by atoms with van der Waals surface area (Å²) >= 11 is 3.94. The summed E-state index contributed by atoms with van der Waals surface area (Å²) in [6, 6.07) is 0. The monoisotopic (exact) mass is 315 g/mol. The van der Waals surface area contributed by atoms with Gasteiger partial charge < -0.3 is 10.3 Å². The lowest BCUT2D eigenvalue weighted by atomic mass is 9.94. The molecule has 1 saturated heterocycles. The van der Waals surface area contributed by atoms with Crippen molar-refractivity contribution >= 4 is 23.5 Å². The van der Waals surface area contributed by atoms with E-state index >= 15 is 0 Å². The van der Waals surface area contributed by atoms with Crippen molar-refractivity contribution in [1.82, 2.24) is 10.1 Å². The molecule has 1 fully saturated rings. The first-order valence-electron chi connectivity index (χ1n) is 7.36. The minimum Gasteiger partial charge on any atom is -0.339 e. The third kappa shape index (κ3) is 4.40. The molecule has 0 aromatic carbocycles. The smallest absolute Gasteiger partial charge is 0.227 e. The van der Waals surface area contributed by atoms with Crippen LogP contribution in [0, 0.1) is 11.8 Å². The molecule has 1 aliphatic rings. The predicted molar refractivity (Wildman–Crippen MR) is 87.1 cm³/mol. The Bertz CT molecular complexity index is 411. The highest BCUT2D eigenvalue weighted by molar-refractivity contribution is 8.06. The van der Waals surface area contributed by atoms with Gasteiger partial charge in [0, 0.05) is 23.2 Å². The van der Waals surface area contributed by atoms with E-state index in [2.05, 4.69) is 30.9 Å². The molecule has 1 aromatic rings. The summed E-state index contributed by atoms with van der Waals surface area (Å²) in [4.78, 5) is 4.61. The van der Waals surface area contributed by atoms with Crippen LogP contribution >= 0.6 is 23.5 Å². The van der Waals surface area contributed by atoms with Crippen molar-refractivity contribution in [3.05, 3.63) is 11.7 Å². The highest BCUT2D eigenvalue weighted by Gasteiger charge is 2.28. The van der Waals surface area contributed by atoms with Crippen LogP contribution in [0.2, 0.25) is 0 Å². The van der Waals surface area contributed by atoms with E-state index in [4.69, 9.17) is 10.3 Å². The summed E-state index contributed by atoms with van der Waals surface area (Å²) in [5, 5.41) is 5.12.